The quantitative estimate of drug-likeness (QED) is 0.421. The smallest absolute Gasteiger partial charge is 0.0366 e. The van der Waals surface area contributed by atoms with Gasteiger partial charge in [0.15, 0.2) is 0 Å². The summed E-state index contributed by atoms with van der Waals surface area (Å²) in [6, 6.07) is 18.3. The van der Waals surface area contributed by atoms with E-state index in [4.69, 9.17) is 0 Å². The van der Waals surface area contributed by atoms with Gasteiger partial charge in [-0.05, 0) is 67.5 Å². The first-order valence-electron chi connectivity index (χ1n) is 10.9. The summed E-state index contributed by atoms with van der Waals surface area (Å²) >= 11 is 0. The Bertz CT molecular complexity index is 561. The summed E-state index contributed by atoms with van der Waals surface area (Å²) in [6.07, 6.45) is 5.79. The van der Waals surface area contributed by atoms with Crippen LogP contribution in [0.5, 0.6) is 0 Å². The summed E-state index contributed by atoms with van der Waals surface area (Å²) in [7, 11) is 0. The number of anilines is 2. The van der Waals surface area contributed by atoms with Crippen LogP contribution in [-0.2, 0) is 6.42 Å². The molecule has 0 saturated heterocycles. The van der Waals surface area contributed by atoms with Gasteiger partial charge in [0.1, 0.15) is 0 Å². The van der Waals surface area contributed by atoms with Gasteiger partial charge >= 0.3 is 0 Å². The number of benzene rings is 2. The molecule has 0 atom stereocenters. The molecule has 27 heavy (non-hydrogen) atoms. The predicted octanol–water partition coefficient (Wildman–Crippen LogP) is 6.53. The second kappa shape index (κ2) is 11.7. The van der Waals surface area contributed by atoms with E-state index in [0.29, 0.717) is 0 Å². The van der Waals surface area contributed by atoms with E-state index in [1.165, 1.54) is 48.2 Å². The van der Waals surface area contributed by atoms with Crippen molar-refractivity contribution in [2.45, 2.75) is 59.8 Å². The summed E-state index contributed by atoms with van der Waals surface area (Å²) in [5.41, 5.74) is 5.48. The van der Waals surface area contributed by atoms with Crippen LogP contribution in [0.4, 0.5) is 11.4 Å². The van der Waals surface area contributed by atoms with Crippen LogP contribution in [0, 0.1) is 0 Å². The third-order valence-electron chi connectivity index (χ3n) is 4.99. The lowest BCUT2D eigenvalue weighted by Gasteiger charge is -2.24. The van der Waals surface area contributed by atoms with Crippen molar-refractivity contribution in [2.24, 2.45) is 0 Å². The fourth-order valence-corrected chi connectivity index (χ4v) is 3.70. The van der Waals surface area contributed by atoms with Gasteiger partial charge in [0.05, 0.1) is 0 Å². The fourth-order valence-electron chi connectivity index (χ4n) is 3.70. The number of nitrogens with zero attached hydrogens (tertiary/aromatic N) is 2. The zero-order chi connectivity index (χ0) is 19.5. The molecule has 0 heterocycles. The molecule has 0 saturated carbocycles. The van der Waals surface area contributed by atoms with Gasteiger partial charge in [-0.3, -0.25) is 0 Å². The van der Waals surface area contributed by atoms with Gasteiger partial charge in [0.2, 0.25) is 0 Å². The number of rotatable bonds is 12. The molecule has 2 heteroatoms. The maximum Gasteiger partial charge on any atom is 0.0366 e. The lowest BCUT2D eigenvalue weighted by Crippen LogP contribution is -2.24. The van der Waals surface area contributed by atoms with Crippen molar-refractivity contribution in [1.82, 2.24) is 0 Å². The minimum atomic E-state index is 1.00. The summed E-state index contributed by atoms with van der Waals surface area (Å²) in [6.45, 7) is 13.6. The Morgan fingerprint density at radius 2 is 0.778 bits per heavy atom. The predicted molar refractivity (Wildman–Crippen MR) is 121 cm³/mol. The maximum atomic E-state index is 2.49. The first-order chi connectivity index (χ1) is 13.2. The third-order valence-corrected chi connectivity index (χ3v) is 4.99. The van der Waals surface area contributed by atoms with Crippen LogP contribution >= 0.6 is 0 Å². The third kappa shape index (κ3) is 6.61. The Labute approximate surface area is 167 Å². The summed E-state index contributed by atoms with van der Waals surface area (Å²) in [5, 5.41) is 0. The fraction of sp³-hybridized carbons (Fsp3) is 0.520. The molecule has 0 bridgehead atoms. The molecule has 2 nitrogen and oxygen atoms in total. The van der Waals surface area contributed by atoms with E-state index in [1.54, 1.807) is 0 Å². The topological polar surface area (TPSA) is 6.48 Å². The van der Waals surface area contributed by atoms with Crippen LogP contribution in [0.3, 0.4) is 0 Å². The molecule has 0 aliphatic carbocycles. The van der Waals surface area contributed by atoms with E-state index in [9.17, 15) is 0 Å². The first-order valence-corrected chi connectivity index (χ1v) is 10.9. The molecule has 0 aliphatic rings. The average molecular weight is 367 g/mol. The second-order valence-corrected chi connectivity index (χ2v) is 7.48. The van der Waals surface area contributed by atoms with Gasteiger partial charge < -0.3 is 9.80 Å². The molecule has 0 aromatic heterocycles. The van der Waals surface area contributed by atoms with Crippen LogP contribution in [-0.4, -0.2) is 26.2 Å². The lowest BCUT2D eigenvalue weighted by molar-refractivity contribution is 0.744. The Balaban J connectivity index is 2.02. The van der Waals surface area contributed by atoms with Crippen molar-refractivity contribution in [3.8, 4) is 0 Å². The molecule has 0 N–H and O–H groups in total. The van der Waals surface area contributed by atoms with Crippen LogP contribution in [0.1, 0.15) is 64.5 Å². The van der Waals surface area contributed by atoms with Crippen molar-refractivity contribution >= 4 is 11.4 Å². The maximum absolute atomic E-state index is 2.49. The van der Waals surface area contributed by atoms with Crippen LogP contribution in [0.25, 0.3) is 0 Å². The standard InChI is InChI=1S/C25H38N2/c1-5-17-26(18-6-2)24-13-9-22(10-14-24)21-23-11-15-25(16-12-23)27(19-7-3)20-8-4/h9-16H,5-8,17-21H2,1-4H3. The molecule has 0 radical (unpaired) electrons. The molecular formula is C25H38N2. The average Bonchev–Trinajstić information content (AvgIpc) is 2.69. The molecule has 148 valence electrons. The number of hydrogen-bond acceptors (Lipinski definition) is 2. The van der Waals surface area contributed by atoms with Gasteiger partial charge in [-0.1, -0.05) is 52.0 Å². The highest BCUT2D eigenvalue weighted by Gasteiger charge is 2.06. The highest BCUT2D eigenvalue weighted by Crippen LogP contribution is 2.20. The van der Waals surface area contributed by atoms with Crippen LogP contribution in [0.2, 0.25) is 0 Å². The van der Waals surface area contributed by atoms with Gasteiger partial charge in [-0.25, -0.2) is 0 Å². The van der Waals surface area contributed by atoms with Crippen LogP contribution < -0.4 is 9.80 Å². The largest absolute Gasteiger partial charge is 0.372 e. The zero-order valence-electron chi connectivity index (χ0n) is 17.9. The van der Waals surface area contributed by atoms with E-state index in [2.05, 4.69) is 86.0 Å². The van der Waals surface area contributed by atoms with E-state index >= 15 is 0 Å². The SMILES string of the molecule is CCCN(CCC)c1ccc(Cc2ccc(N(CCC)CCC)cc2)cc1. The summed E-state index contributed by atoms with van der Waals surface area (Å²) in [5.74, 6) is 0. The minimum Gasteiger partial charge on any atom is -0.372 e. The van der Waals surface area contributed by atoms with E-state index in [-0.39, 0.29) is 0 Å². The van der Waals surface area contributed by atoms with Crippen LogP contribution in [0.15, 0.2) is 48.5 Å². The molecule has 0 spiro atoms. The summed E-state index contributed by atoms with van der Waals surface area (Å²) in [4.78, 5) is 4.99. The molecule has 0 fully saturated rings. The lowest BCUT2D eigenvalue weighted by atomic mass is 10.0. The normalized spacial score (nSPS) is 10.8. The Kier molecular flexibility index (Phi) is 9.24. The molecule has 0 amide bonds. The van der Waals surface area contributed by atoms with Gasteiger partial charge in [0.25, 0.3) is 0 Å². The first kappa shape index (κ1) is 21.3. The van der Waals surface area contributed by atoms with Crippen molar-refractivity contribution < 1.29 is 0 Å². The Morgan fingerprint density at radius 3 is 1.04 bits per heavy atom. The van der Waals surface area contributed by atoms with Gasteiger partial charge in [-0.15, -0.1) is 0 Å². The summed E-state index contributed by atoms with van der Waals surface area (Å²) < 4.78 is 0. The van der Waals surface area contributed by atoms with E-state index in [1.807, 2.05) is 0 Å². The van der Waals surface area contributed by atoms with Gasteiger partial charge in [-0.2, -0.15) is 0 Å². The molecule has 2 aromatic rings. The van der Waals surface area contributed by atoms with Crippen molar-refractivity contribution in [3.63, 3.8) is 0 Å². The highest BCUT2D eigenvalue weighted by atomic mass is 15.1. The highest BCUT2D eigenvalue weighted by molar-refractivity contribution is 5.50. The molecule has 2 aromatic carbocycles. The molecular weight excluding hydrogens is 328 g/mol. The Morgan fingerprint density at radius 1 is 0.481 bits per heavy atom. The molecule has 0 unspecified atom stereocenters. The Hall–Kier alpha value is -1.96. The second-order valence-electron chi connectivity index (χ2n) is 7.48. The minimum absolute atomic E-state index is 1.00. The monoisotopic (exact) mass is 366 g/mol. The zero-order valence-corrected chi connectivity index (χ0v) is 17.9. The van der Waals surface area contributed by atoms with Gasteiger partial charge in [0, 0.05) is 37.6 Å². The van der Waals surface area contributed by atoms with Crippen molar-refractivity contribution in [3.05, 3.63) is 59.7 Å². The molecule has 2 rings (SSSR count). The van der Waals surface area contributed by atoms with E-state index < -0.39 is 0 Å². The van der Waals surface area contributed by atoms with E-state index in [0.717, 1.165) is 32.6 Å². The number of hydrogen-bond donors (Lipinski definition) is 0. The van der Waals surface area contributed by atoms with Crippen molar-refractivity contribution in [2.75, 3.05) is 36.0 Å². The molecule has 0 aliphatic heterocycles. The van der Waals surface area contributed by atoms with Crippen molar-refractivity contribution in [1.29, 1.82) is 0 Å².